The molecule has 0 atom stereocenters. The van der Waals surface area contributed by atoms with E-state index in [9.17, 15) is 18.3 Å². The first-order chi connectivity index (χ1) is 11.8. The van der Waals surface area contributed by atoms with Gasteiger partial charge in [-0.1, -0.05) is 52.5 Å². The molecular formula is C17H26BrNO5SSi. The predicted molar refractivity (Wildman–Crippen MR) is 111 cm³/mol. The summed E-state index contributed by atoms with van der Waals surface area (Å²) in [5.74, 6) is 0. The number of rotatable bonds is 4. The van der Waals surface area contributed by atoms with E-state index in [0.29, 0.717) is 15.4 Å². The number of halogens is 1. The number of ether oxygens (including phenoxy) is 1. The summed E-state index contributed by atoms with van der Waals surface area (Å²) >= 11 is 3.44. The van der Waals surface area contributed by atoms with Crippen LogP contribution in [-0.4, -0.2) is 39.5 Å². The van der Waals surface area contributed by atoms with E-state index >= 15 is 0 Å². The average Bonchev–Trinajstić information content (AvgIpc) is 2.44. The molecule has 0 radical (unpaired) electrons. The van der Waals surface area contributed by atoms with Gasteiger partial charge in [0.2, 0.25) is 0 Å². The second-order valence-corrected chi connectivity index (χ2v) is 15.4. The first-order valence-corrected chi connectivity index (χ1v) is 13.7. The molecule has 9 heteroatoms. The van der Waals surface area contributed by atoms with Crippen LogP contribution >= 0.6 is 15.9 Å². The molecule has 0 unspecified atom stereocenters. The van der Waals surface area contributed by atoms with Crippen LogP contribution in [0.4, 0.5) is 10.5 Å². The summed E-state index contributed by atoms with van der Waals surface area (Å²) in [6.07, 6.45) is -1.43. The van der Waals surface area contributed by atoms with E-state index in [1.54, 1.807) is 12.1 Å². The van der Waals surface area contributed by atoms with E-state index < -0.39 is 29.6 Å². The lowest BCUT2D eigenvalue weighted by molar-refractivity contribution is 0.203. The molecule has 0 aromatic heterocycles. The van der Waals surface area contributed by atoms with E-state index in [4.69, 9.17) is 4.74 Å². The summed E-state index contributed by atoms with van der Waals surface area (Å²) in [6, 6.07) is 5.82. The number of hydrogen-bond donors (Lipinski definition) is 1. The van der Waals surface area contributed by atoms with Crippen molar-refractivity contribution in [3.63, 3.8) is 0 Å². The van der Waals surface area contributed by atoms with Crippen LogP contribution in [0.2, 0.25) is 25.7 Å². The first-order valence-electron chi connectivity index (χ1n) is 8.17. The third kappa shape index (κ3) is 6.22. The van der Waals surface area contributed by atoms with Gasteiger partial charge in [-0.3, -0.25) is 0 Å². The van der Waals surface area contributed by atoms with E-state index in [2.05, 4.69) is 35.6 Å². The zero-order valence-corrected chi connectivity index (χ0v) is 19.4. The second kappa shape index (κ2) is 8.68. The third-order valence-electron chi connectivity index (χ3n) is 3.62. The standard InChI is InChI=1S/C17H26BrNO5SSi/c1-17(2,3)12-8-7-9-13(14(12)18)19(15(20)21)16(25(22)23)24-10-11-26(4,5)6/h7-9H,10-11H2,1-6H3,(H,20,21). The van der Waals surface area contributed by atoms with Crippen molar-refractivity contribution in [1.82, 2.24) is 0 Å². The smallest absolute Gasteiger partial charge is 0.418 e. The highest BCUT2D eigenvalue weighted by molar-refractivity contribution is 9.10. The minimum Gasteiger partial charge on any atom is -0.464 e. The molecule has 1 amide bonds. The zero-order valence-electron chi connectivity index (χ0n) is 16.0. The maximum Gasteiger partial charge on any atom is 0.418 e. The van der Waals surface area contributed by atoms with E-state index in [1.165, 1.54) is 0 Å². The van der Waals surface area contributed by atoms with Crippen molar-refractivity contribution in [3.05, 3.63) is 28.2 Å². The molecule has 1 aromatic carbocycles. The Morgan fingerprint density at radius 2 is 1.85 bits per heavy atom. The molecule has 146 valence electrons. The molecule has 0 spiro atoms. The summed E-state index contributed by atoms with van der Waals surface area (Å²) in [7, 11) is -4.29. The van der Waals surface area contributed by atoms with Crippen LogP contribution in [0, 0.1) is 0 Å². The van der Waals surface area contributed by atoms with Gasteiger partial charge < -0.3 is 9.84 Å². The van der Waals surface area contributed by atoms with Crippen molar-refractivity contribution in [3.8, 4) is 0 Å². The molecular weight excluding hydrogens is 438 g/mol. The van der Waals surface area contributed by atoms with Gasteiger partial charge in [0.15, 0.2) is 0 Å². The van der Waals surface area contributed by atoms with Crippen LogP contribution in [-0.2, 0) is 20.4 Å². The Morgan fingerprint density at radius 3 is 2.27 bits per heavy atom. The fourth-order valence-corrected chi connectivity index (χ4v) is 4.44. The Kier molecular flexibility index (Phi) is 7.64. The maximum absolute atomic E-state index is 11.9. The Hall–Kier alpha value is -1.16. The van der Waals surface area contributed by atoms with Crippen molar-refractivity contribution in [2.45, 2.75) is 51.9 Å². The van der Waals surface area contributed by atoms with Crippen LogP contribution in [0.3, 0.4) is 0 Å². The van der Waals surface area contributed by atoms with E-state index in [-0.39, 0.29) is 17.7 Å². The molecule has 26 heavy (non-hydrogen) atoms. The second-order valence-electron chi connectivity index (χ2n) is 8.17. The predicted octanol–water partition coefficient (Wildman–Crippen LogP) is 4.55. The number of hydrogen-bond acceptors (Lipinski definition) is 4. The van der Waals surface area contributed by atoms with Gasteiger partial charge >= 0.3 is 6.09 Å². The normalized spacial score (nSPS) is 12.0. The largest absolute Gasteiger partial charge is 0.464 e. The molecule has 1 aromatic rings. The van der Waals surface area contributed by atoms with Crippen LogP contribution in [0.25, 0.3) is 0 Å². The zero-order chi connectivity index (χ0) is 20.3. The van der Waals surface area contributed by atoms with Crippen molar-refractivity contribution < 1.29 is 23.1 Å². The fraction of sp³-hybridized carbons (Fsp3) is 0.529. The van der Waals surface area contributed by atoms with Gasteiger partial charge in [0, 0.05) is 12.5 Å². The first kappa shape index (κ1) is 22.9. The molecule has 0 aliphatic heterocycles. The maximum atomic E-state index is 11.9. The molecule has 0 aliphatic rings. The van der Waals surface area contributed by atoms with Gasteiger partial charge in [0.1, 0.15) is 0 Å². The SMILES string of the molecule is CC(C)(C)c1cccc(N(C(=O)O)C(OCC[Si](C)(C)C)=S(=O)=O)c1Br. The van der Waals surface area contributed by atoms with Gasteiger partial charge in [-0.05, 0) is 39.0 Å². The highest BCUT2D eigenvalue weighted by Crippen LogP contribution is 2.36. The van der Waals surface area contributed by atoms with E-state index in [0.717, 1.165) is 5.56 Å². The summed E-state index contributed by atoms with van der Waals surface area (Å²) in [5.41, 5.74) is 0.811. The average molecular weight is 464 g/mol. The summed E-state index contributed by atoms with van der Waals surface area (Å²) in [6.45, 7) is 12.5. The summed E-state index contributed by atoms with van der Waals surface area (Å²) in [5, 5.41) is 9.05. The molecule has 0 saturated heterocycles. The molecule has 0 saturated carbocycles. The fourth-order valence-electron chi connectivity index (χ4n) is 2.18. The Labute approximate surface area is 165 Å². The Morgan fingerprint density at radius 1 is 1.27 bits per heavy atom. The number of carboxylic acid groups (broad SMARTS) is 1. The van der Waals surface area contributed by atoms with E-state index in [1.807, 2.05) is 26.8 Å². The van der Waals surface area contributed by atoms with Crippen molar-refractivity contribution in [1.29, 1.82) is 0 Å². The number of amides is 1. The monoisotopic (exact) mass is 463 g/mol. The highest BCUT2D eigenvalue weighted by atomic mass is 79.9. The van der Waals surface area contributed by atoms with Crippen molar-refractivity contribution >= 4 is 51.3 Å². The van der Waals surface area contributed by atoms with Crippen molar-refractivity contribution in [2.24, 2.45) is 0 Å². The lowest BCUT2D eigenvalue weighted by atomic mass is 9.87. The molecule has 0 fully saturated rings. The number of anilines is 1. The lowest BCUT2D eigenvalue weighted by Crippen LogP contribution is -2.39. The summed E-state index contributed by atoms with van der Waals surface area (Å²) in [4.78, 5) is 12.5. The topological polar surface area (TPSA) is 83.9 Å². The van der Waals surface area contributed by atoms with Gasteiger partial charge in [0.25, 0.3) is 15.5 Å². The number of carbonyl (C=O) groups is 1. The number of benzene rings is 1. The van der Waals surface area contributed by atoms with Gasteiger partial charge in [-0.25, -0.2) is 9.69 Å². The molecule has 0 bridgehead atoms. The van der Waals surface area contributed by atoms with Crippen molar-refractivity contribution in [2.75, 3.05) is 11.5 Å². The van der Waals surface area contributed by atoms with Gasteiger partial charge in [0.05, 0.1) is 12.3 Å². The molecule has 0 heterocycles. The van der Waals surface area contributed by atoms with Crippen LogP contribution in [0.15, 0.2) is 22.7 Å². The lowest BCUT2D eigenvalue weighted by Gasteiger charge is -2.26. The van der Waals surface area contributed by atoms with Gasteiger partial charge in [-0.2, -0.15) is 8.42 Å². The molecule has 1 rings (SSSR count). The quantitative estimate of drug-likeness (QED) is 0.522. The number of nitrogens with zero attached hydrogens (tertiary/aromatic N) is 1. The summed E-state index contributed by atoms with van der Waals surface area (Å²) < 4.78 is 29.3. The minimum absolute atomic E-state index is 0.152. The molecule has 0 aliphatic carbocycles. The minimum atomic E-state index is -2.83. The van der Waals surface area contributed by atoms with Crippen LogP contribution in [0.5, 0.6) is 0 Å². The van der Waals surface area contributed by atoms with Crippen LogP contribution < -0.4 is 4.90 Å². The Bertz CT molecular complexity index is 801. The Balaban J connectivity index is 3.39. The molecule has 6 nitrogen and oxygen atoms in total. The highest BCUT2D eigenvalue weighted by Gasteiger charge is 2.29. The molecule has 1 N–H and O–H groups in total. The van der Waals surface area contributed by atoms with Gasteiger partial charge in [-0.15, -0.1) is 0 Å². The third-order valence-corrected chi connectivity index (χ3v) is 6.74. The van der Waals surface area contributed by atoms with Crippen LogP contribution in [0.1, 0.15) is 26.3 Å².